The van der Waals surface area contributed by atoms with Crippen molar-refractivity contribution in [2.24, 2.45) is 9.98 Å². The van der Waals surface area contributed by atoms with E-state index in [0.29, 0.717) is 23.3 Å². The fraction of sp³-hybridized carbons (Fsp3) is 0.250. The molecule has 6 nitrogen and oxygen atoms in total. The van der Waals surface area contributed by atoms with Crippen molar-refractivity contribution < 1.29 is 4.79 Å². The molecule has 1 aromatic rings. The van der Waals surface area contributed by atoms with E-state index in [1.165, 1.54) is 6.33 Å². The molecule has 16 heavy (non-hydrogen) atoms. The Bertz CT molecular complexity index is 572. The molecule has 0 saturated heterocycles. The van der Waals surface area contributed by atoms with E-state index >= 15 is 0 Å². The number of halogens is 1. The molecule has 1 amide bonds. The fourth-order valence-electron chi connectivity index (χ4n) is 1.18. The lowest BCUT2D eigenvalue weighted by atomic mass is 10.3. The van der Waals surface area contributed by atoms with Gasteiger partial charge < -0.3 is 5.32 Å². The van der Waals surface area contributed by atoms with Gasteiger partial charge in [0, 0.05) is 12.4 Å². The first-order valence-corrected chi connectivity index (χ1v) is 5.33. The van der Waals surface area contributed by atoms with Crippen LogP contribution in [0.4, 0.5) is 0 Å². The molecule has 1 aliphatic heterocycles. The van der Waals surface area contributed by atoms with Gasteiger partial charge in [0.15, 0.2) is 11.2 Å². The molecule has 2 rings (SSSR count). The molecule has 0 aromatic carbocycles. The molecule has 0 aliphatic carbocycles. The molecule has 8 heteroatoms. The predicted octanol–water partition coefficient (Wildman–Crippen LogP) is -1.02. The van der Waals surface area contributed by atoms with Gasteiger partial charge in [0.1, 0.15) is 11.7 Å². The first-order valence-electron chi connectivity index (χ1n) is 4.39. The van der Waals surface area contributed by atoms with E-state index in [-0.39, 0.29) is 16.7 Å². The highest BCUT2D eigenvalue weighted by Crippen LogP contribution is 1.88. The van der Waals surface area contributed by atoms with Crippen LogP contribution in [0.2, 0.25) is 0 Å². The first kappa shape index (κ1) is 11.0. The van der Waals surface area contributed by atoms with Crippen LogP contribution in [0.15, 0.2) is 16.3 Å². The Kier molecular flexibility index (Phi) is 3.16. The molecule has 1 aromatic heterocycles. The largest absolute Gasteiger partial charge is 0.349 e. The van der Waals surface area contributed by atoms with Gasteiger partial charge in [-0.05, 0) is 12.2 Å². The number of aromatic nitrogens is 2. The van der Waals surface area contributed by atoms with Crippen molar-refractivity contribution in [3.63, 3.8) is 0 Å². The number of carbonyl (C=O) groups excluding carboxylic acids is 1. The molecular weight excluding hydrogens is 250 g/mol. The van der Waals surface area contributed by atoms with Gasteiger partial charge in [-0.15, -0.1) is 11.6 Å². The normalized spacial score (nSPS) is 12.7. The van der Waals surface area contributed by atoms with Crippen molar-refractivity contribution in [3.8, 4) is 0 Å². The van der Waals surface area contributed by atoms with Crippen molar-refractivity contribution in [2.75, 3.05) is 12.4 Å². The van der Waals surface area contributed by atoms with Gasteiger partial charge in [-0.2, -0.15) is 4.99 Å². The van der Waals surface area contributed by atoms with Crippen molar-refractivity contribution in [1.29, 1.82) is 0 Å². The van der Waals surface area contributed by atoms with Crippen LogP contribution in [-0.4, -0.2) is 33.4 Å². The Balaban J connectivity index is 2.42. The second kappa shape index (κ2) is 4.58. The molecule has 0 spiro atoms. The van der Waals surface area contributed by atoms with E-state index in [9.17, 15) is 4.79 Å². The highest BCUT2D eigenvalue weighted by atomic mass is 35.5. The number of hydrogen-bond acceptors (Lipinski definition) is 4. The molecule has 0 atom stereocenters. The number of thiocarbonyl (C=S) groups is 1. The number of carbonyl (C=O) groups is 1. The fourth-order valence-corrected chi connectivity index (χ4v) is 1.45. The Morgan fingerprint density at radius 2 is 2.25 bits per heavy atom. The Morgan fingerprint density at radius 3 is 3.00 bits per heavy atom. The summed E-state index contributed by atoms with van der Waals surface area (Å²) in [5, 5.41) is 3.06. The zero-order valence-electron chi connectivity index (χ0n) is 7.97. The highest BCUT2D eigenvalue weighted by molar-refractivity contribution is 7.80. The zero-order chi connectivity index (χ0) is 11.5. The van der Waals surface area contributed by atoms with Crippen LogP contribution in [0.25, 0.3) is 0 Å². The van der Waals surface area contributed by atoms with E-state index in [1.54, 1.807) is 0 Å². The molecular formula is C8H6ClN5OS. The molecule has 0 unspecified atom stereocenters. The third-order valence-corrected chi connectivity index (χ3v) is 2.18. The van der Waals surface area contributed by atoms with Crippen LogP contribution in [0.1, 0.15) is 10.5 Å². The van der Waals surface area contributed by atoms with Crippen molar-refractivity contribution in [1.82, 2.24) is 15.3 Å². The summed E-state index contributed by atoms with van der Waals surface area (Å²) in [5.41, 5.74) is 0.495. The smallest absolute Gasteiger partial charge is 0.272 e. The van der Waals surface area contributed by atoms with Crippen LogP contribution in [0.5, 0.6) is 0 Å². The third-order valence-electron chi connectivity index (χ3n) is 1.81. The van der Waals surface area contributed by atoms with Crippen LogP contribution in [-0.2, 0) is 0 Å². The maximum atomic E-state index is 11.7. The molecule has 0 bridgehead atoms. The number of rotatable bonds is 3. The first-order chi connectivity index (χ1) is 7.72. The molecule has 0 radical (unpaired) electrons. The minimum absolute atomic E-state index is 0.155. The molecule has 1 N–H and O–H groups in total. The second-order valence-electron chi connectivity index (χ2n) is 2.85. The number of nitrogens with zero attached hydrogens (tertiary/aromatic N) is 4. The molecule has 2 heterocycles. The summed E-state index contributed by atoms with van der Waals surface area (Å²) in [4.78, 5) is 27.2. The SMILES string of the molecule is O=C(NCCCl)c1ncnc2c1=NC(=S)N=2. The van der Waals surface area contributed by atoms with Gasteiger partial charge >= 0.3 is 0 Å². The second-order valence-corrected chi connectivity index (χ2v) is 3.59. The van der Waals surface area contributed by atoms with Gasteiger partial charge in [-0.25, -0.2) is 15.0 Å². The molecule has 0 fully saturated rings. The van der Waals surface area contributed by atoms with Crippen LogP contribution in [0, 0.1) is 0 Å². The Morgan fingerprint density at radius 1 is 1.44 bits per heavy atom. The van der Waals surface area contributed by atoms with E-state index in [4.69, 9.17) is 23.8 Å². The lowest BCUT2D eigenvalue weighted by Crippen LogP contribution is -2.38. The van der Waals surface area contributed by atoms with Crippen LogP contribution in [0.3, 0.4) is 0 Å². The Labute approximate surface area is 100 Å². The number of alkyl halides is 1. The number of fused-ring (bicyclic) bond motifs is 1. The zero-order valence-corrected chi connectivity index (χ0v) is 9.55. The number of amides is 1. The summed E-state index contributed by atoms with van der Waals surface area (Å²) >= 11 is 10.3. The van der Waals surface area contributed by atoms with Crippen molar-refractivity contribution in [2.45, 2.75) is 0 Å². The highest BCUT2D eigenvalue weighted by Gasteiger charge is 2.14. The maximum Gasteiger partial charge on any atom is 0.272 e. The average Bonchev–Trinajstić information content (AvgIpc) is 2.65. The minimum atomic E-state index is -0.358. The van der Waals surface area contributed by atoms with Gasteiger partial charge in [0.05, 0.1) is 0 Å². The third kappa shape index (κ3) is 2.05. The van der Waals surface area contributed by atoms with E-state index < -0.39 is 0 Å². The average molecular weight is 256 g/mol. The summed E-state index contributed by atoms with van der Waals surface area (Å²) in [6, 6.07) is 0. The minimum Gasteiger partial charge on any atom is -0.349 e. The number of hydrogen-bond donors (Lipinski definition) is 1. The monoisotopic (exact) mass is 255 g/mol. The predicted molar refractivity (Wildman–Crippen MR) is 60.0 cm³/mol. The maximum absolute atomic E-state index is 11.7. The van der Waals surface area contributed by atoms with Gasteiger partial charge in [-0.3, -0.25) is 4.79 Å². The molecule has 82 valence electrons. The van der Waals surface area contributed by atoms with Crippen molar-refractivity contribution >= 4 is 34.8 Å². The van der Waals surface area contributed by atoms with Gasteiger partial charge in [-0.1, -0.05) is 0 Å². The molecule has 0 saturated carbocycles. The lowest BCUT2D eigenvalue weighted by molar-refractivity contribution is 0.0949. The van der Waals surface area contributed by atoms with Crippen molar-refractivity contribution in [3.05, 3.63) is 22.9 Å². The standard InChI is InChI=1S/C8H6ClN5OS/c9-1-2-10-7(15)5-4-6(12-3-11-5)14-8(16)13-4/h3H,1-2H2,(H,10,15). The summed E-state index contributed by atoms with van der Waals surface area (Å²) in [6.07, 6.45) is 1.25. The topological polar surface area (TPSA) is 79.6 Å². The van der Waals surface area contributed by atoms with Crippen LogP contribution < -0.4 is 16.2 Å². The summed E-state index contributed by atoms with van der Waals surface area (Å²) < 4.78 is 0. The van der Waals surface area contributed by atoms with E-state index in [0.717, 1.165) is 0 Å². The number of nitrogens with one attached hydrogen (secondary N) is 1. The van der Waals surface area contributed by atoms with E-state index in [2.05, 4.69) is 25.3 Å². The Hall–Kier alpha value is -1.47. The van der Waals surface area contributed by atoms with Gasteiger partial charge in [0.2, 0.25) is 5.11 Å². The van der Waals surface area contributed by atoms with Gasteiger partial charge in [0.25, 0.3) is 5.91 Å². The lowest BCUT2D eigenvalue weighted by Gasteiger charge is -2.00. The summed E-state index contributed by atoms with van der Waals surface area (Å²) in [6.45, 7) is 0.362. The van der Waals surface area contributed by atoms with E-state index in [1.807, 2.05) is 0 Å². The quantitative estimate of drug-likeness (QED) is 0.554. The van der Waals surface area contributed by atoms with Crippen LogP contribution >= 0.6 is 23.8 Å². The summed E-state index contributed by atoms with van der Waals surface area (Å²) in [5.74, 6) is -0.0261. The summed E-state index contributed by atoms with van der Waals surface area (Å²) in [7, 11) is 0. The molecule has 1 aliphatic rings.